The zero-order valence-electron chi connectivity index (χ0n) is 12.1. The molecule has 0 bridgehead atoms. The number of nitrogens with zero attached hydrogens (tertiary/aromatic N) is 1. The smallest absolute Gasteiger partial charge is 0.0589 e. The van der Waals surface area contributed by atoms with Gasteiger partial charge in [-0.3, -0.25) is 4.90 Å². The van der Waals surface area contributed by atoms with Gasteiger partial charge in [0, 0.05) is 25.7 Å². The molecule has 3 atom stereocenters. The Hall–Kier alpha value is -0.120. The van der Waals surface area contributed by atoms with Gasteiger partial charge < -0.3 is 9.84 Å². The third-order valence-electron chi connectivity index (χ3n) is 4.69. The molecule has 0 aromatic rings. The molecule has 0 heterocycles. The van der Waals surface area contributed by atoms with E-state index in [2.05, 4.69) is 18.7 Å². The molecular weight excluding hydrogens is 226 g/mol. The summed E-state index contributed by atoms with van der Waals surface area (Å²) in [5.74, 6) is 1.46. The van der Waals surface area contributed by atoms with Gasteiger partial charge in [0.15, 0.2) is 0 Å². The standard InChI is InChI=1S/C15H29NO2/c1-11(2)14-7-6-13(17)10-15(14)16(8-9-18-3)12-4-5-12/h11-15,17H,4-10H2,1-3H3. The van der Waals surface area contributed by atoms with Gasteiger partial charge in [0.1, 0.15) is 0 Å². The highest BCUT2D eigenvalue weighted by Gasteiger charge is 2.40. The van der Waals surface area contributed by atoms with Crippen LogP contribution >= 0.6 is 0 Å². The highest BCUT2D eigenvalue weighted by atomic mass is 16.5. The summed E-state index contributed by atoms with van der Waals surface area (Å²) in [5, 5.41) is 10.00. The number of ether oxygens (including phenoxy) is 1. The largest absolute Gasteiger partial charge is 0.393 e. The van der Waals surface area contributed by atoms with Gasteiger partial charge in [-0.15, -0.1) is 0 Å². The first-order valence-electron chi connectivity index (χ1n) is 7.56. The van der Waals surface area contributed by atoms with Crippen molar-refractivity contribution in [1.82, 2.24) is 4.90 Å². The van der Waals surface area contributed by atoms with Crippen LogP contribution < -0.4 is 0 Å². The molecular formula is C15H29NO2. The number of hydrogen-bond donors (Lipinski definition) is 1. The average Bonchev–Trinajstić information content (AvgIpc) is 3.13. The van der Waals surface area contributed by atoms with Crippen molar-refractivity contribution in [1.29, 1.82) is 0 Å². The van der Waals surface area contributed by atoms with Gasteiger partial charge in [-0.1, -0.05) is 13.8 Å². The Balaban J connectivity index is 2.03. The Bertz CT molecular complexity index is 253. The van der Waals surface area contributed by atoms with E-state index in [1.807, 2.05) is 0 Å². The summed E-state index contributed by atoms with van der Waals surface area (Å²) in [4.78, 5) is 2.64. The fourth-order valence-corrected chi connectivity index (χ4v) is 3.53. The summed E-state index contributed by atoms with van der Waals surface area (Å²) in [6.07, 6.45) is 5.71. The number of rotatable bonds is 6. The maximum absolute atomic E-state index is 10.00. The number of methoxy groups -OCH3 is 1. The molecule has 2 aliphatic carbocycles. The van der Waals surface area contributed by atoms with Crippen LogP contribution in [0, 0.1) is 11.8 Å². The Kier molecular flexibility index (Phi) is 5.05. The predicted molar refractivity (Wildman–Crippen MR) is 73.6 cm³/mol. The molecule has 0 spiro atoms. The Labute approximate surface area is 112 Å². The fraction of sp³-hybridized carbons (Fsp3) is 1.00. The zero-order chi connectivity index (χ0) is 13.1. The molecule has 18 heavy (non-hydrogen) atoms. The predicted octanol–water partition coefficient (Wildman–Crippen LogP) is 2.28. The van der Waals surface area contributed by atoms with Crippen molar-refractivity contribution in [3.05, 3.63) is 0 Å². The van der Waals surface area contributed by atoms with E-state index in [1.54, 1.807) is 7.11 Å². The summed E-state index contributed by atoms with van der Waals surface area (Å²) in [7, 11) is 1.78. The first-order chi connectivity index (χ1) is 8.63. The lowest BCUT2D eigenvalue weighted by Crippen LogP contribution is -2.49. The lowest BCUT2D eigenvalue weighted by atomic mass is 9.76. The number of hydrogen-bond acceptors (Lipinski definition) is 3. The third kappa shape index (κ3) is 3.46. The van der Waals surface area contributed by atoms with E-state index in [9.17, 15) is 5.11 Å². The number of aliphatic hydroxyl groups excluding tert-OH is 1. The van der Waals surface area contributed by atoms with Crippen molar-refractivity contribution in [3.63, 3.8) is 0 Å². The van der Waals surface area contributed by atoms with Crippen LogP contribution in [0.5, 0.6) is 0 Å². The molecule has 106 valence electrons. The van der Waals surface area contributed by atoms with Crippen LogP contribution in [0.25, 0.3) is 0 Å². The molecule has 3 nitrogen and oxygen atoms in total. The van der Waals surface area contributed by atoms with Crippen LogP contribution in [0.1, 0.15) is 46.0 Å². The fourth-order valence-electron chi connectivity index (χ4n) is 3.53. The lowest BCUT2D eigenvalue weighted by molar-refractivity contribution is -0.00146. The maximum atomic E-state index is 10.00. The molecule has 3 heteroatoms. The molecule has 2 rings (SSSR count). The van der Waals surface area contributed by atoms with Gasteiger partial charge in [0.05, 0.1) is 12.7 Å². The minimum atomic E-state index is -0.0891. The van der Waals surface area contributed by atoms with Gasteiger partial charge in [0.2, 0.25) is 0 Å². The first-order valence-corrected chi connectivity index (χ1v) is 7.56. The summed E-state index contributed by atoms with van der Waals surface area (Å²) >= 11 is 0. The van der Waals surface area contributed by atoms with E-state index in [0.717, 1.165) is 38.0 Å². The first kappa shape index (κ1) is 14.3. The molecule has 0 aliphatic heterocycles. The van der Waals surface area contributed by atoms with Crippen LogP contribution in [-0.2, 0) is 4.74 Å². The minimum absolute atomic E-state index is 0.0891. The lowest BCUT2D eigenvalue weighted by Gasteiger charge is -2.43. The van der Waals surface area contributed by atoms with Crippen molar-refractivity contribution >= 4 is 0 Å². The normalized spacial score (nSPS) is 33.3. The van der Waals surface area contributed by atoms with Crippen LogP contribution in [0.3, 0.4) is 0 Å². The molecule has 0 aromatic carbocycles. The topological polar surface area (TPSA) is 32.7 Å². The second kappa shape index (κ2) is 6.36. The minimum Gasteiger partial charge on any atom is -0.393 e. The highest BCUT2D eigenvalue weighted by Crippen LogP contribution is 2.38. The van der Waals surface area contributed by atoms with Crippen molar-refractivity contribution < 1.29 is 9.84 Å². The Morgan fingerprint density at radius 3 is 2.50 bits per heavy atom. The highest BCUT2D eigenvalue weighted by molar-refractivity contribution is 4.95. The molecule has 0 amide bonds. The SMILES string of the molecule is COCCN(C1CC1)C1CC(O)CCC1C(C)C. The third-order valence-corrected chi connectivity index (χ3v) is 4.69. The molecule has 2 fully saturated rings. The van der Waals surface area contributed by atoms with Crippen molar-refractivity contribution in [2.45, 2.75) is 64.1 Å². The zero-order valence-corrected chi connectivity index (χ0v) is 12.1. The second-order valence-electron chi connectivity index (χ2n) is 6.40. The molecule has 2 saturated carbocycles. The van der Waals surface area contributed by atoms with E-state index >= 15 is 0 Å². The van der Waals surface area contributed by atoms with Crippen LogP contribution in [0.15, 0.2) is 0 Å². The summed E-state index contributed by atoms with van der Waals surface area (Å²) in [6.45, 7) is 6.50. The van der Waals surface area contributed by atoms with E-state index in [1.165, 1.54) is 19.3 Å². The molecule has 3 unspecified atom stereocenters. The van der Waals surface area contributed by atoms with Crippen molar-refractivity contribution in [3.8, 4) is 0 Å². The van der Waals surface area contributed by atoms with E-state index in [0.29, 0.717) is 12.0 Å². The van der Waals surface area contributed by atoms with Crippen molar-refractivity contribution in [2.24, 2.45) is 11.8 Å². The van der Waals surface area contributed by atoms with Gasteiger partial charge in [-0.2, -0.15) is 0 Å². The van der Waals surface area contributed by atoms with Gasteiger partial charge in [-0.05, 0) is 43.9 Å². The van der Waals surface area contributed by atoms with Gasteiger partial charge in [-0.25, -0.2) is 0 Å². The quantitative estimate of drug-likeness (QED) is 0.790. The van der Waals surface area contributed by atoms with Crippen LogP contribution in [0.2, 0.25) is 0 Å². The molecule has 2 aliphatic rings. The molecule has 0 radical (unpaired) electrons. The number of aliphatic hydroxyl groups is 1. The van der Waals surface area contributed by atoms with Crippen LogP contribution in [0.4, 0.5) is 0 Å². The Morgan fingerprint density at radius 1 is 1.22 bits per heavy atom. The van der Waals surface area contributed by atoms with Gasteiger partial charge >= 0.3 is 0 Å². The maximum Gasteiger partial charge on any atom is 0.0589 e. The van der Waals surface area contributed by atoms with E-state index in [4.69, 9.17) is 4.74 Å². The summed E-state index contributed by atoms with van der Waals surface area (Å²) in [5.41, 5.74) is 0. The average molecular weight is 255 g/mol. The van der Waals surface area contributed by atoms with Crippen LogP contribution in [-0.4, -0.2) is 48.5 Å². The molecule has 0 aromatic heterocycles. The Morgan fingerprint density at radius 2 is 1.94 bits per heavy atom. The van der Waals surface area contributed by atoms with E-state index in [-0.39, 0.29) is 6.10 Å². The van der Waals surface area contributed by atoms with Crippen molar-refractivity contribution in [2.75, 3.05) is 20.3 Å². The second-order valence-corrected chi connectivity index (χ2v) is 6.40. The summed E-state index contributed by atoms with van der Waals surface area (Å²) in [6, 6.07) is 1.33. The molecule has 0 saturated heterocycles. The summed E-state index contributed by atoms with van der Waals surface area (Å²) < 4.78 is 5.26. The van der Waals surface area contributed by atoms with Gasteiger partial charge in [0.25, 0.3) is 0 Å². The monoisotopic (exact) mass is 255 g/mol. The molecule has 1 N–H and O–H groups in total. The van der Waals surface area contributed by atoms with E-state index < -0.39 is 0 Å².